The molecule has 4 aromatic rings. The predicted octanol–water partition coefficient (Wildman–Crippen LogP) is 3.20. The molecule has 0 amide bonds. The Morgan fingerprint density at radius 1 is 1.16 bits per heavy atom. The zero-order chi connectivity index (χ0) is 26.8. The molecule has 194 valence electrons. The summed E-state index contributed by atoms with van der Waals surface area (Å²) in [7, 11) is 0.659. The lowest BCUT2D eigenvalue weighted by atomic mass is 10.0. The molecule has 1 atom stereocenters. The summed E-state index contributed by atoms with van der Waals surface area (Å²) in [6.45, 7) is -1.54. The van der Waals surface area contributed by atoms with Gasteiger partial charge in [-0.15, -0.1) is 0 Å². The number of hydrogen-bond donors (Lipinski definition) is 2. The van der Waals surface area contributed by atoms with Crippen LogP contribution in [-0.2, 0) is 16.1 Å². The normalized spacial score (nSPS) is 13.3. The molecule has 4 rings (SSSR count). The monoisotopic (exact) mass is 524 g/mol. The molecular weight excluding hydrogens is 507 g/mol. The van der Waals surface area contributed by atoms with Crippen LogP contribution in [0.5, 0.6) is 0 Å². The van der Waals surface area contributed by atoms with E-state index >= 15 is 0 Å². The van der Waals surface area contributed by atoms with E-state index in [-0.39, 0.29) is 18.1 Å². The summed E-state index contributed by atoms with van der Waals surface area (Å²) in [5, 5.41) is 20.0. The Morgan fingerprint density at radius 3 is 2.57 bits per heavy atom. The minimum atomic E-state index is -5.43. The van der Waals surface area contributed by atoms with Crippen molar-refractivity contribution in [3.05, 3.63) is 66.1 Å². The molecule has 1 aromatic carbocycles. The summed E-state index contributed by atoms with van der Waals surface area (Å²) in [5.74, 6) is -4.62. The Labute approximate surface area is 204 Å². The van der Waals surface area contributed by atoms with E-state index in [9.17, 15) is 31.9 Å². The van der Waals surface area contributed by atoms with Crippen LogP contribution >= 0.6 is 0 Å². The number of esters is 1. The van der Waals surface area contributed by atoms with Gasteiger partial charge in [-0.2, -0.15) is 18.3 Å². The Bertz CT molecular complexity index is 1410. The SMILES string of the molecule is COC(=O)C(O)(CNc1nc(-c2cc(-c3ccon3)n(Cc3ccccc3F)n2)ncc1F)C(F)(F)F. The molecule has 3 aromatic heterocycles. The van der Waals surface area contributed by atoms with Crippen LogP contribution in [0.1, 0.15) is 5.56 Å². The third kappa shape index (κ3) is 5.11. The summed E-state index contributed by atoms with van der Waals surface area (Å²) in [6.07, 6.45) is -3.46. The van der Waals surface area contributed by atoms with E-state index in [0.29, 0.717) is 30.3 Å². The number of nitrogens with one attached hydrogen (secondary N) is 1. The number of aliphatic hydroxyl groups is 1. The number of aromatic nitrogens is 5. The van der Waals surface area contributed by atoms with Crippen LogP contribution in [0.15, 0.2) is 53.4 Å². The second kappa shape index (κ2) is 9.93. The fourth-order valence-electron chi connectivity index (χ4n) is 3.27. The summed E-state index contributed by atoms with van der Waals surface area (Å²) in [4.78, 5) is 19.3. The maximum Gasteiger partial charge on any atom is 0.429 e. The Balaban J connectivity index is 1.68. The molecule has 0 spiro atoms. The van der Waals surface area contributed by atoms with Crippen LogP contribution in [-0.4, -0.2) is 61.4 Å². The van der Waals surface area contributed by atoms with Gasteiger partial charge in [0.15, 0.2) is 17.5 Å². The summed E-state index contributed by atoms with van der Waals surface area (Å²) < 4.78 is 78.7. The first-order valence-electron chi connectivity index (χ1n) is 10.4. The fraction of sp³-hybridized carbons (Fsp3) is 0.227. The Kier molecular flexibility index (Phi) is 6.89. The molecule has 2 N–H and O–H groups in total. The van der Waals surface area contributed by atoms with Crippen LogP contribution in [0.4, 0.5) is 27.8 Å². The first kappa shape index (κ1) is 25.7. The number of benzene rings is 1. The molecule has 37 heavy (non-hydrogen) atoms. The number of anilines is 1. The van der Waals surface area contributed by atoms with Crippen LogP contribution in [0.2, 0.25) is 0 Å². The highest BCUT2D eigenvalue weighted by atomic mass is 19.4. The van der Waals surface area contributed by atoms with Crippen molar-refractivity contribution < 1.29 is 41.1 Å². The van der Waals surface area contributed by atoms with Gasteiger partial charge in [-0.25, -0.2) is 23.5 Å². The molecule has 0 aliphatic carbocycles. The first-order chi connectivity index (χ1) is 17.5. The van der Waals surface area contributed by atoms with Gasteiger partial charge in [-0.1, -0.05) is 23.4 Å². The number of ether oxygens (including phenoxy) is 1. The second-order valence-electron chi connectivity index (χ2n) is 7.64. The molecule has 3 heterocycles. The van der Waals surface area contributed by atoms with E-state index in [1.165, 1.54) is 35.2 Å². The van der Waals surface area contributed by atoms with Gasteiger partial charge in [0.1, 0.15) is 23.5 Å². The van der Waals surface area contributed by atoms with Gasteiger partial charge in [0.05, 0.1) is 32.1 Å². The van der Waals surface area contributed by atoms with Crippen LogP contribution in [0.3, 0.4) is 0 Å². The second-order valence-corrected chi connectivity index (χ2v) is 7.64. The van der Waals surface area contributed by atoms with E-state index in [1.54, 1.807) is 12.1 Å². The van der Waals surface area contributed by atoms with Gasteiger partial charge in [-0.05, 0) is 12.1 Å². The average molecular weight is 524 g/mol. The number of nitrogens with zero attached hydrogens (tertiary/aromatic N) is 5. The van der Waals surface area contributed by atoms with Crippen molar-refractivity contribution >= 4 is 11.8 Å². The van der Waals surface area contributed by atoms with Crippen molar-refractivity contribution in [2.24, 2.45) is 0 Å². The quantitative estimate of drug-likeness (QED) is 0.264. The van der Waals surface area contributed by atoms with Crippen molar-refractivity contribution in [3.63, 3.8) is 0 Å². The van der Waals surface area contributed by atoms with E-state index in [2.05, 4.69) is 25.0 Å². The minimum Gasteiger partial charge on any atom is -0.467 e. The van der Waals surface area contributed by atoms with Crippen LogP contribution in [0, 0.1) is 11.6 Å². The number of rotatable bonds is 8. The molecule has 0 saturated heterocycles. The lowest BCUT2D eigenvalue weighted by Gasteiger charge is -2.27. The molecule has 0 aliphatic heterocycles. The van der Waals surface area contributed by atoms with Crippen molar-refractivity contribution in [2.75, 3.05) is 19.0 Å². The number of hydrogen-bond acceptors (Lipinski definition) is 9. The molecule has 0 aliphatic rings. The summed E-state index contributed by atoms with van der Waals surface area (Å²) >= 11 is 0. The van der Waals surface area contributed by atoms with E-state index in [4.69, 9.17) is 4.52 Å². The van der Waals surface area contributed by atoms with Gasteiger partial charge < -0.3 is 19.7 Å². The van der Waals surface area contributed by atoms with Crippen molar-refractivity contribution in [3.8, 4) is 22.9 Å². The zero-order valence-electron chi connectivity index (χ0n) is 18.8. The Morgan fingerprint density at radius 2 is 1.92 bits per heavy atom. The predicted molar refractivity (Wildman–Crippen MR) is 116 cm³/mol. The molecule has 0 bridgehead atoms. The molecule has 0 radical (unpaired) electrons. The van der Waals surface area contributed by atoms with Crippen LogP contribution < -0.4 is 5.32 Å². The number of halogens is 5. The van der Waals surface area contributed by atoms with Crippen LogP contribution in [0.25, 0.3) is 22.9 Å². The fourth-order valence-corrected chi connectivity index (χ4v) is 3.27. The van der Waals surface area contributed by atoms with Crippen molar-refractivity contribution in [1.82, 2.24) is 24.9 Å². The average Bonchev–Trinajstić information content (AvgIpc) is 3.53. The third-order valence-corrected chi connectivity index (χ3v) is 5.24. The van der Waals surface area contributed by atoms with E-state index in [1.807, 2.05) is 5.32 Å². The summed E-state index contributed by atoms with van der Waals surface area (Å²) in [5.41, 5.74) is -2.97. The van der Waals surface area contributed by atoms with E-state index in [0.717, 1.165) is 0 Å². The van der Waals surface area contributed by atoms with Gasteiger partial charge in [0.2, 0.25) is 0 Å². The van der Waals surface area contributed by atoms with Gasteiger partial charge >= 0.3 is 12.1 Å². The highest BCUT2D eigenvalue weighted by Gasteiger charge is 2.60. The first-order valence-corrected chi connectivity index (χ1v) is 10.4. The number of carbonyl (C=O) groups excluding carboxylic acids is 1. The van der Waals surface area contributed by atoms with E-state index < -0.39 is 41.7 Å². The number of carbonyl (C=O) groups is 1. The molecule has 10 nitrogen and oxygen atoms in total. The summed E-state index contributed by atoms with van der Waals surface area (Å²) in [6, 6.07) is 8.93. The maximum atomic E-state index is 14.3. The minimum absolute atomic E-state index is 0.0384. The molecule has 15 heteroatoms. The standard InChI is InChI=1S/C22H17F5N6O4/c1-36-20(34)21(35,22(25,26)27)11-29-18-14(24)9-28-19(30-18)16-8-17(15-6-7-37-32-15)33(31-16)10-12-4-2-3-5-13(12)23/h2-9,35H,10-11H2,1H3,(H,28,29,30). The maximum absolute atomic E-state index is 14.3. The molecule has 1 unspecified atom stereocenters. The zero-order valence-corrected chi connectivity index (χ0v) is 18.8. The third-order valence-electron chi connectivity index (χ3n) is 5.24. The highest BCUT2D eigenvalue weighted by molar-refractivity contribution is 5.81. The van der Waals surface area contributed by atoms with Gasteiger partial charge in [-0.3, -0.25) is 4.68 Å². The lowest BCUT2D eigenvalue weighted by Crippen LogP contribution is -2.57. The number of methoxy groups -OCH3 is 1. The molecular formula is C22H17F5N6O4. The van der Waals surface area contributed by atoms with Gasteiger partial charge in [0, 0.05) is 11.6 Å². The lowest BCUT2D eigenvalue weighted by molar-refractivity contribution is -0.256. The molecule has 0 fully saturated rings. The van der Waals surface area contributed by atoms with Gasteiger partial charge in [0.25, 0.3) is 5.60 Å². The smallest absolute Gasteiger partial charge is 0.429 e. The topological polar surface area (TPSA) is 128 Å². The number of alkyl halides is 3. The van der Waals surface area contributed by atoms with Crippen molar-refractivity contribution in [1.29, 1.82) is 0 Å². The Hall–Kier alpha value is -4.40. The largest absolute Gasteiger partial charge is 0.467 e. The highest BCUT2D eigenvalue weighted by Crippen LogP contribution is 2.32. The van der Waals surface area contributed by atoms with Crippen molar-refractivity contribution in [2.45, 2.75) is 18.3 Å². The molecule has 0 saturated carbocycles.